The maximum atomic E-state index is 4.93. The van der Waals surface area contributed by atoms with E-state index in [0.29, 0.717) is 34.9 Å². The first-order valence-corrected chi connectivity index (χ1v) is 31.1. The molecule has 0 amide bonds. The first kappa shape index (κ1) is 53.8. The number of benzene rings is 14. The van der Waals surface area contributed by atoms with Crippen LogP contribution in [-0.4, -0.2) is 29.9 Å². The molecule has 92 heavy (non-hydrogen) atoms. The van der Waals surface area contributed by atoms with Crippen molar-refractivity contribution in [2.45, 2.75) is 0 Å². The van der Waals surface area contributed by atoms with Crippen molar-refractivity contribution in [1.29, 1.82) is 0 Å². The molecule has 2 aliphatic carbocycles. The van der Waals surface area contributed by atoms with E-state index in [9.17, 15) is 0 Å². The van der Waals surface area contributed by atoms with Crippen LogP contribution < -0.4 is 0 Å². The monoisotopic (exact) mass is 1170 g/mol. The lowest BCUT2D eigenvalue weighted by atomic mass is 9.94. The maximum absolute atomic E-state index is 4.93. The van der Waals surface area contributed by atoms with Crippen LogP contribution in [0.5, 0.6) is 0 Å². The van der Waals surface area contributed by atoms with E-state index in [0.717, 1.165) is 50.1 Å². The van der Waals surface area contributed by atoms with E-state index in [-0.39, 0.29) is 0 Å². The van der Waals surface area contributed by atoms with E-state index in [1.165, 1.54) is 93.9 Å². The molecule has 6 heteroatoms. The molecule has 14 aromatic carbocycles. The smallest absolute Gasteiger partial charge is 0.164 e. The van der Waals surface area contributed by atoms with Crippen molar-refractivity contribution in [3.8, 4) is 157 Å². The molecule has 0 aliphatic heterocycles. The Labute approximate surface area is 533 Å². The van der Waals surface area contributed by atoms with E-state index in [1.54, 1.807) is 0 Å². The van der Waals surface area contributed by atoms with Crippen LogP contribution in [0.25, 0.3) is 179 Å². The molecular formula is C86H54N6. The van der Waals surface area contributed by atoms with E-state index >= 15 is 0 Å². The zero-order valence-corrected chi connectivity index (χ0v) is 49.9. The maximum Gasteiger partial charge on any atom is 0.164 e. The highest BCUT2D eigenvalue weighted by Crippen LogP contribution is 2.50. The Balaban J connectivity index is 0.000000141. The summed E-state index contributed by atoms with van der Waals surface area (Å²) < 4.78 is 0. The topological polar surface area (TPSA) is 77.3 Å². The van der Waals surface area contributed by atoms with Gasteiger partial charge in [-0.25, -0.2) is 29.9 Å². The Morgan fingerprint density at radius 1 is 0.130 bits per heavy atom. The van der Waals surface area contributed by atoms with Gasteiger partial charge in [0.05, 0.1) is 0 Å². The summed E-state index contributed by atoms with van der Waals surface area (Å²) >= 11 is 0. The summed E-state index contributed by atoms with van der Waals surface area (Å²) in [6.07, 6.45) is 0. The molecule has 0 radical (unpaired) electrons. The van der Waals surface area contributed by atoms with Crippen molar-refractivity contribution < 1.29 is 0 Å². The lowest BCUT2D eigenvalue weighted by Crippen LogP contribution is -2.00. The number of rotatable bonds is 10. The van der Waals surface area contributed by atoms with Crippen molar-refractivity contribution in [3.63, 3.8) is 0 Å². The van der Waals surface area contributed by atoms with Gasteiger partial charge in [-0.05, 0) is 141 Å². The fourth-order valence-corrected chi connectivity index (χ4v) is 13.2. The Morgan fingerprint density at radius 3 is 0.728 bits per heavy atom. The lowest BCUT2D eigenvalue weighted by molar-refractivity contribution is 1.07. The normalized spacial score (nSPS) is 11.5. The average Bonchev–Trinajstić information content (AvgIpc) is 1.60. The van der Waals surface area contributed by atoms with Gasteiger partial charge in [-0.1, -0.05) is 297 Å². The summed E-state index contributed by atoms with van der Waals surface area (Å²) in [5, 5.41) is 5.27. The van der Waals surface area contributed by atoms with Crippen LogP contribution in [0, 0.1) is 0 Å². The van der Waals surface area contributed by atoms with Crippen molar-refractivity contribution in [2.24, 2.45) is 0 Å². The van der Waals surface area contributed by atoms with Crippen molar-refractivity contribution >= 4 is 21.5 Å². The molecule has 2 aromatic heterocycles. The number of nitrogens with zero attached hydrogens (tertiary/aromatic N) is 6. The summed E-state index contributed by atoms with van der Waals surface area (Å²) in [5.41, 5.74) is 25.8. The van der Waals surface area contributed by atoms with Gasteiger partial charge in [0.2, 0.25) is 0 Å². The van der Waals surface area contributed by atoms with Gasteiger partial charge in [0.15, 0.2) is 34.9 Å². The molecule has 0 atom stereocenters. The van der Waals surface area contributed by atoms with Crippen LogP contribution in [0.4, 0.5) is 0 Å². The number of hydrogen-bond acceptors (Lipinski definition) is 6. The van der Waals surface area contributed by atoms with E-state index in [1.807, 2.05) is 121 Å². The predicted molar refractivity (Wildman–Crippen MR) is 378 cm³/mol. The molecule has 2 heterocycles. The quantitative estimate of drug-likeness (QED) is 0.136. The second-order valence-corrected chi connectivity index (χ2v) is 23.3. The van der Waals surface area contributed by atoms with Crippen LogP contribution >= 0.6 is 0 Å². The summed E-state index contributed by atoms with van der Waals surface area (Å²) in [6.45, 7) is 0. The molecule has 0 fully saturated rings. The van der Waals surface area contributed by atoms with Crippen LogP contribution in [0.2, 0.25) is 0 Å². The van der Waals surface area contributed by atoms with Gasteiger partial charge in [-0.15, -0.1) is 0 Å². The second-order valence-electron chi connectivity index (χ2n) is 23.3. The summed E-state index contributed by atoms with van der Waals surface area (Å²) in [5.74, 6) is 3.95. The molecule has 0 saturated heterocycles. The van der Waals surface area contributed by atoms with E-state index < -0.39 is 0 Å². The molecule has 0 spiro atoms. The minimum absolute atomic E-state index is 0.653. The third-order valence-electron chi connectivity index (χ3n) is 17.7. The van der Waals surface area contributed by atoms with Crippen LogP contribution in [0.1, 0.15) is 0 Å². The largest absolute Gasteiger partial charge is 0.208 e. The second kappa shape index (κ2) is 23.0. The third kappa shape index (κ3) is 9.99. The zero-order valence-electron chi connectivity index (χ0n) is 49.9. The van der Waals surface area contributed by atoms with Crippen LogP contribution in [-0.2, 0) is 0 Å². The third-order valence-corrected chi connectivity index (χ3v) is 17.7. The van der Waals surface area contributed by atoms with Gasteiger partial charge in [0, 0.05) is 33.4 Å². The summed E-state index contributed by atoms with van der Waals surface area (Å²) in [6, 6.07) is 115. The van der Waals surface area contributed by atoms with Gasteiger partial charge in [0.25, 0.3) is 0 Å². The molecule has 6 nitrogen and oxygen atoms in total. The fourth-order valence-electron chi connectivity index (χ4n) is 13.2. The lowest BCUT2D eigenvalue weighted by Gasteiger charge is -2.11. The highest BCUT2D eigenvalue weighted by molar-refractivity contribution is 6.17. The molecule has 0 unspecified atom stereocenters. The highest BCUT2D eigenvalue weighted by atomic mass is 15.0. The highest BCUT2D eigenvalue weighted by Gasteiger charge is 2.24. The molecule has 16 aromatic rings. The standard InChI is InChI=1S/2C43H27N3/c1-3-11-30(12-4-1)41-44-42(31-13-5-2-6-14-31)46-43(45-41)34-17-9-15-32(25-34)28-21-23-29(24-22-28)35-26-33-16-10-20-38-36-18-7-8-19-37(36)39(27-35)40(33)38;1-3-10-31(11-4-1)41-44-42(32-12-5-2-6-13-32)46-43(45-41)33-24-22-29(23-25-33)28-18-20-30(21-19-28)35-26-34-14-9-17-38-36-15-7-8-16-37(36)39(27-35)40(34)38/h2*1-27H. The first-order chi connectivity index (χ1) is 45.6. The van der Waals surface area contributed by atoms with Crippen LogP contribution in [0.15, 0.2) is 328 Å². The predicted octanol–water partition coefficient (Wildman–Crippen LogP) is 22.0. The molecule has 0 saturated carbocycles. The van der Waals surface area contributed by atoms with Gasteiger partial charge >= 0.3 is 0 Å². The van der Waals surface area contributed by atoms with Gasteiger partial charge in [-0.2, -0.15) is 0 Å². The van der Waals surface area contributed by atoms with Crippen LogP contribution in [0.3, 0.4) is 0 Å². The molecule has 0 N–H and O–H groups in total. The van der Waals surface area contributed by atoms with Gasteiger partial charge in [-0.3, -0.25) is 0 Å². The molecular weight excluding hydrogens is 1120 g/mol. The Hall–Kier alpha value is -12.4. The average molecular weight is 1170 g/mol. The van der Waals surface area contributed by atoms with E-state index in [2.05, 4.69) is 206 Å². The molecule has 428 valence electrons. The Bertz CT molecular complexity index is 5350. The summed E-state index contributed by atoms with van der Waals surface area (Å²) in [4.78, 5) is 29.3. The number of hydrogen-bond donors (Lipinski definition) is 0. The van der Waals surface area contributed by atoms with Gasteiger partial charge < -0.3 is 0 Å². The minimum atomic E-state index is 0.653. The van der Waals surface area contributed by atoms with Gasteiger partial charge in [0.1, 0.15) is 0 Å². The molecule has 2 aliphatic rings. The van der Waals surface area contributed by atoms with Crippen molar-refractivity contribution in [3.05, 3.63) is 328 Å². The van der Waals surface area contributed by atoms with Crippen molar-refractivity contribution in [1.82, 2.24) is 29.9 Å². The number of aromatic nitrogens is 6. The first-order valence-electron chi connectivity index (χ1n) is 31.1. The summed E-state index contributed by atoms with van der Waals surface area (Å²) in [7, 11) is 0. The Kier molecular flexibility index (Phi) is 13.4. The SMILES string of the molecule is c1ccc(-c2nc(-c3ccccc3)nc(-c3ccc(-c4ccc(-c5cc6c7c(cccc7c5)-c5ccccc5-6)cc4)cc3)n2)cc1.c1ccc(-c2nc(-c3ccccc3)nc(-c3cccc(-c4ccc(-c5cc6c7c(cccc7c5)-c5ccccc5-6)cc4)c3)n2)cc1. The molecule has 18 rings (SSSR count). The van der Waals surface area contributed by atoms with E-state index in [4.69, 9.17) is 29.9 Å². The zero-order chi connectivity index (χ0) is 60.9. The molecule has 0 bridgehead atoms. The Morgan fingerprint density at radius 2 is 0.370 bits per heavy atom. The minimum Gasteiger partial charge on any atom is -0.208 e. The number of fused-ring (bicyclic) bond motifs is 6. The van der Waals surface area contributed by atoms with Crippen molar-refractivity contribution in [2.75, 3.05) is 0 Å². The fraction of sp³-hybridized carbons (Fsp3) is 0.